The zero-order chi connectivity index (χ0) is 12.4. The Morgan fingerprint density at radius 1 is 1.44 bits per heavy atom. The Morgan fingerprint density at radius 3 is 3.28 bits per heavy atom. The quantitative estimate of drug-likeness (QED) is 0.875. The van der Waals surface area contributed by atoms with Gasteiger partial charge in [0.25, 0.3) is 0 Å². The average molecular weight is 239 g/mol. The fraction of sp³-hybridized carbons (Fsp3) is 0.286. The molecule has 1 aliphatic rings. The number of aromatic nitrogens is 2. The van der Waals surface area contributed by atoms with Gasteiger partial charge in [0.1, 0.15) is 11.6 Å². The molecule has 1 aliphatic heterocycles. The van der Waals surface area contributed by atoms with Crippen LogP contribution in [0.4, 0.5) is 0 Å². The summed E-state index contributed by atoms with van der Waals surface area (Å²) in [6.07, 6.45) is 4.22. The summed E-state index contributed by atoms with van der Waals surface area (Å²) in [5.41, 5.74) is 3.29. The lowest BCUT2D eigenvalue weighted by Crippen LogP contribution is -2.08. The normalized spacial score (nSPS) is 13.5. The molecule has 4 nitrogen and oxygen atoms in total. The van der Waals surface area contributed by atoms with Gasteiger partial charge in [-0.2, -0.15) is 5.26 Å². The molecule has 2 heterocycles. The summed E-state index contributed by atoms with van der Waals surface area (Å²) in [6, 6.07) is 8.25. The first-order valence-corrected chi connectivity index (χ1v) is 6.04. The van der Waals surface area contributed by atoms with Gasteiger partial charge in [-0.05, 0) is 36.6 Å². The van der Waals surface area contributed by atoms with Crippen LogP contribution in [0.2, 0.25) is 0 Å². The molecule has 0 saturated heterocycles. The zero-order valence-corrected chi connectivity index (χ0v) is 9.94. The Balaban J connectivity index is 1.93. The van der Waals surface area contributed by atoms with E-state index >= 15 is 0 Å². The molecule has 4 heteroatoms. The fourth-order valence-electron chi connectivity index (χ4n) is 2.20. The van der Waals surface area contributed by atoms with Gasteiger partial charge in [-0.1, -0.05) is 0 Å². The van der Waals surface area contributed by atoms with Crippen LogP contribution in [0.1, 0.15) is 17.8 Å². The van der Waals surface area contributed by atoms with Crippen molar-refractivity contribution < 1.29 is 4.74 Å². The van der Waals surface area contributed by atoms with Crippen LogP contribution >= 0.6 is 0 Å². The fourth-order valence-corrected chi connectivity index (χ4v) is 2.20. The van der Waals surface area contributed by atoms with Crippen molar-refractivity contribution in [3.63, 3.8) is 0 Å². The number of H-pyrrole nitrogens is 1. The van der Waals surface area contributed by atoms with Crippen molar-refractivity contribution in [3.8, 4) is 23.1 Å². The van der Waals surface area contributed by atoms with Gasteiger partial charge in [0.15, 0.2) is 0 Å². The number of fused-ring (bicyclic) bond motifs is 1. The lowest BCUT2D eigenvalue weighted by atomic mass is 10.0. The summed E-state index contributed by atoms with van der Waals surface area (Å²) in [5, 5.41) is 8.63. The number of ether oxygens (including phenoxy) is 1. The number of aromatic amines is 1. The molecule has 0 spiro atoms. The van der Waals surface area contributed by atoms with Crippen molar-refractivity contribution in [2.24, 2.45) is 0 Å². The minimum absolute atomic E-state index is 0.314. The molecule has 0 bridgehead atoms. The number of aryl methyl sites for hydroxylation is 1. The second kappa shape index (κ2) is 4.53. The van der Waals surface area contributed by atoms with Gasteiger partial charge in [0.2, 0.25) is 0 Å². The molecule has 18 heavy (non-hydrogen) atoms. The van der Waals surface area contributed by atoms with E-state index < -0.39 is 0 Å². The largest absolute Gasteiger partial charge is 0.493 e. The van der Waals surface area contributed by atoms with Crippen molar-refractivity contribution >= 4 is 0 Å². The van der Waals surface area contributed by atoms with Gasteiger partial charge in [-0.15, -0.1) is 0 Å². The Labute approximate surface area is 105 Å². The van der Waals surface area contributed by atoms with Gasteiger partial charge < -0.3 is 9.72 Å². The van der Waals surface area contributed by atoms with Crippen molar-refractivity contribution in [2.75, 3.05) is 6.61 Å². The number of hydrogen-bond acceptors (Lipinski definition) is 3. The molecule has 0 radical (unpaired) electrons. The smallest absolute Gasteiger partial charge is 0.122 e. The highest BCUT2D eigenvalue weighted by Crippen LogP contribution is 2.29. The van der Waals surface area contributed by atoms with Crippen LogP contribution in [0.5, 0.6) is 5.75 Å². The van der Waals surface area contributed by atoms with Crippen molar-refractivity contribution in [1.82, 2.24) is 9.97 Å². The maximum absolute atomic E-state index is 8.63. The lowest BCUT2D eigenvalue weighted by Gasteiger charge is -2.17. The predicted octanol–water partition coefficient (Wildman–Crippen LogP) is 2.47. The Bertz CT molecular complexity index is 610. The molecule has 2 aromatic rings. The molecular formula is C14H13N3O. The molecule has 3 rings (SSSR count). The Kier molecular flexibility index (Phi) is 2.73. The first kappa shape index (κ1) is 10.8. The molecule has 0 atom stereocenters. The summed E-state index contributed by atoms with van der Waals surface area (Å²) in [4.78, 5) is 7.35. The summed E-state index contributed by atoms with van der Waals surface area (Å²) in [7, 11) is 0. The third kappa shape index (κ3) is 1.95. The third-order valence-corrected chi connectivity index (χ3v) is 3.09. The van der Waals surface area contributed by atoms with Gasteiger partial charge >= 0.3 is 0 Å². The van der Waals surface area contributed by atoms with Crippen LogP contribution < -0.4 is 4.74 Å². The van der Waals surface area contributed by atoms with E-state index in [0.29, 0.717) is 12.2 Å². The maximum atomic E-state index is 8.63. The first-order valence-electron chi connectivity index (χ1n) is 6.04. The lowest BCUT2D eigenvalue weighted by molar-refractivity contribution is 0.288. The van der Waals surface area contributed by atoms with E-state index in [4.69, 9.17) is 10.00 Å². The molecule has 1 aromatic heterocycles. The molecular weight excluding hydrogens is 226 g/mol. The van der Waals surface area contributed by atoms with Crippen LogP contribution in [0.3, 0.4) is 0 Å². The van der Waals surface area contributed by atoms with E-state index in [-0.39, 0.29) is 0 Å². The monoisotopic (exact) mass is 239 g/mol. The van der Waals surface area contributed by atoms with Crippen LogP contribution in [-0.4, -0.2) is 16.6 Å². The van der Waals surface area contributed by atoms with Gasteiger partial charge in [0.05, 0.1) is 31.0 Å². The number of hydrogen-bond donors (Lipinski definition) is 1. The van der Waals surface area contributed by atoms with Crippen LogP contribution in [0.15, 0.2) is 24.4 Å². The van der Waals surface area contributed by atoms with Crippen molar-refractivity contribution in [1.29, 1.82) is 5.26 Å². The SMILES string of the molecule is N#CCc1ncc(-c2ccc3c(c2)CCCO3)[nH]1. The molecule has 90 valence electrons. The van der Waals surface area contributed by atoms with Crippen molar-refractivity contribution in [3.05, 3.63) is 35.8 Å². The highest BCUT2D eigenvalue weighted by molar-refractivity contribution is 5.62. The van der Waals surface area contributed by atoms with E-state index in [1.54, 1.807) is 6.20 Å². The number of nitriles is 1. The van der Waals surface area contributed by atoms with Crippen LogP contribution in [-0.2, 0) is 12.8 Å². The standard InChI is InChI=1S/C14H13N3O/c15-6-5-14-16-9-12(17-14)10-3-4-13-11(8-10)2-1-7-18-13/h3-4,8-9H,1-2,5,7H2,(H,16,17). The van der Waals surface area contributed by atoms with E-state index in [1.807, 2.05) is 12.1 Å². The molecule has 1 N–H and O–H groups in total. The Morgan fingerprint density at radius 2 is 2.39 bits per heavy atom. The molecule has 0 aliphatic carbocycles. The predicted molar refractivity (Wildman–Crippen MR) is 67.2 cm³/mol. The number of rotatable bonds is 2. The van der Waals surface area contributed by atoms with E-state index in [1.165, 1.54) is 5.56 Å². The molecule has 1 aromatic carbocycles. The van der Waals surface area contributed by atoms with Gasteiger partial charge in [0, 0.05) is 5.56 Å². The second-order valence-electron chi connectivity index (χ2n) is 4.35. The second-order valence-corrected chi connectivity index (χ2v) is 4.35. The highest BCUT2D eigenvalue weighted by atomic mass is 16.5. The summed E-state index contributed by atoms with van der Waals surface area (Å²) in [5.74, 6) is 1.70. The summed E-state index contributed by atoms with van der Waals surface area (Å²) in [6.45, 7) is 0.808. The third-order valence-electron chi connectivity index (χ3n) is 3.09. The topological polar surface area (TPSA) is 61.7 Å². The number of imidazole rings is 1. The van der Waals surface area contributed by atoms with E-state index in [9.17, 15) is 0 Å². The summed E-state index contributed by atoms with van der Waals surface area (Å²) < 4.78 is 5.59. The molecule has 0 saturated carbocycles. The van der Waals surface area contributed by atoms with E-state index in [0.717, 1.165) is 36.5 Å². The molecule has 0 fully saturated rings. The Hall–Kier alpha value is -2.28. The number of nitrogens with one attached hydrogen (secondary N) is 1. The van der Waals surface area contributed by atoms with Gasteiger partial charge in [-0.25, -0.2) is 4.98 Å². The zero-order valence-electron chi connectivity index (χ0n) is 9.94. The number of nitrogens with zero attached hydrogens (tertiary/aromatic N) is 2. The van der Waals surface area contributed by atoms with Crippen molar-refractivity contribution in [2.45, 2.75) is 19.3 Å². The minimum Gasteiger partial charge on any atom is -0.493 e. The number of benzene rings is 1. The molecule has 0 unspecified atom stereocenters. The first-order chi connectivity index (χ1) is 8.86. The van der Waals surface area contributed by atoms with Crippen LogP contribution in [0.25, 0.3) is 11.3 Å². The van der Waals surface area contributed by atoms with Crippen LogP contribution in [0, 0.1) is 11.3 Å². The molecule has 0 amide bonds. The minimum atomic E-state index is 0.314. The van der Waals surface area contributed by atoms with Gasteiger partial charge in [-0.3, -0.25) is 0 Å². The highest BCUT2D eigenvalue weighted by Gasteiger charge is 2.12. The average Bonchev–Trinajstić information content (AvgIpc) is 2.87. The maximum Gasteiger partial charge on any atom is 0.122 e. The van der Waals surface area contributed by atoms with E-state index in [2.05, 4.69) is 22.1 Å². The summed E-state index contributed by atoms with van der Waals surface area (Å²) >= 11 is 0.